The van der Waals surface area contributed by atoms with Crippen LogP contribution in [0.3, 0.4) is 0 Å². The van der Waals surface area contributed by atoms with Gasteiger partial charge in [-0.1, -0.05) is 6.92 Å². The summed E-state index contributed by atoms with van der Waals surface area (Å²) in [6.45, 7) is 6.01. The molecule has 0 aromatic carbocycles. The van der Waals surface area contributed by atoms with Crippen molar-refractivity contribution in [1.29, 1.82) is 0 Å². The highest BCUT2D eigenvalue weighted by molar-refractivity contribution is 7.80. The standard InChI is InChI=1S/C11H22N2O3S/c1-4-9(10(14)15-3)13-11(17)12-7-6-8-16-5-2/h9H,4-8H2,1-3H3,(H2,12,13,17). The quantitative estimate of drug-likeness (QED) is 0.384. The molecule has 0 spiro atoms. The van der Waals surface area contributed by atoms with Gasteiger partial charge in [-0.05, 0) is 32.0 Å². The Hall–Kier alpha value is -0.880. The van der Waals surface area contributed by atoms with E-state index in [0.717, 1.165) is 19.6 Å². The summed E-state index contributed by atoms with van der Waals surface area (Å²) < 4.78 is 9.85. The smallest absolute Gasteiger partial charge is 0.328 e. The highest BCUT2D eigenvalue weighted by atomic mass is 32.1. The molecule has 0 aromatic heterocycles. The lowest BCUT2D eigenvalue weighted by atomic mass is 10.2. The fraction of sp³-hybridized carbons (Fsp3) is 0.818. The first-order chi connectivity index (χ1) is 8.15. The number of hydrogen-bond acceptors (Lipinski definition) is 4. The largest absolute Gasteiger partial charge is 0.467 e. The molecule has 0 heterocycles. The van der Waals surface area contributed by atoms with Gasteiger partial charge in [0.25, 0.3) is 0 Å². The minimum atomic E-state index is -0.383. The predicted octanol–water partition coefficient (Wildman–Crippen LogP) is 0.829. The maximum absolute atomic E-state index is 11.3. The van der Waals surface area contributed by atoms with Crippen LogP contribution < -0.4 is 10.6 Å². The van der Waals surface area contributed by atoms with Crippen LogP contribution in [-0.2, 0) is 14.3 Å². The lowest BCUT2D eigenvalue weighted by Crippen LogP contribution is -2.46. The van der Waals surface area contributed by atoms with Crippen LogP contribution in [0.15, 0.2) is 0 Å². The van der Waals surface area contributed by atoms with Crippen LogP contribution >= 0.6 is 12.2 Å². The van der Waals surface area contributed by atoms with Gasteiger partial charge in [-0.15, -0.1) is 0 Å². The van der Waals surface area contributed by atoms with Crippen LogP contribution in [0.4, 0.5) is 0 Å². The van der Waals surface area contributed by atoms with Gasteiger partial charge in [0.05, 0.1) is 7.11 Å². The highest BCUT2D eigenvalue weighted by Gasteiger charge is 2.17. The molecule has 0 rings (SSSR count). The van der Waals surface area contributed by atoms with E-state index < -0.39 is 0 Å². The number of rotatable bonds is 8. The van der Waals surface area contributed by atoms with Gasteiger partial charge < -0.3 is 20.1 Å². The summed E-state index contributed by atoms with van der Waals surface area (Å²) in [7, 11) is 1.37. The minimum absolute atomic E-state index is 0.300. The molecule has 1 atom stereocenters. The maximum Gasteiger partial charge on any atom is 0.328 e. The summed E-state index contributed by atoms with van der Waals surface area (Å²) in [5, 5.41) is 6.40. The van der Waals surface area contributed by atoms with Crippen molar-refractivity contribution in [2.45, 2.75) is 32.7 Å². The third-order valence-corrected chi connectivity index (χ3v) is 2.42. The zero-order valence-corrected chi connectivity index (χ0v) is 11.6. The van der Waals surface area contributed by atoms with E-state index in [9.17, 15) is 4.79 Å². The number of hydrogen-bond donors (Lipinski definition) is 2. The molecule has 2 N–H and O–H groups in total. The van der Waals surface area contributed by atoms with Crippen LogP contribution in [0.5, 0.6) is 0 Å². The van der Waals surface area contributed by atoms with Crippen molar-refractivity contribution in [1.82, 2.24) is 10.6 Å². The summed E-state index contributed by atoms with van der Waals surface area (Å²) in [6, 6.07) is -0.383. The molecule has 0 aliphatic heterocycles. The third-order valence-electron chi connectivity index (χ3n) is 2.15. The Labute approximate surface area is 108 Å². The van der Waals surface area contributed by atoms with Crippen LogP contribution in [0.1, 0.15) is 26.7 Å². The molecular weight excluding hydrogens is 240 g/mol. The zero-order valence-electron chi connectivity index (χ0n) is 10.7. The summed E-state index contributed by atoms with van der Waals surface area (Å²) in [5.74, 6) is -0.300. The molecular formula is C11H22N2O3S. The molecule has 0 aromatic rings. The number of nitrogens with one attached hydrogen (secondary N) is 2. The van der Waals surface area contributed by atoms with Crippen molar-refractivity contribution >= 4 is 23.3 Å². The van der Waals surface area contributed by atoms with Gasteiger partial charge in [0.2, 0.25) is 0 Å². The second-order valence-electron chi connectivity index (χ2n) is 3.43. The van der Waals surface area contributed by atoms with E-state index >= 15 is 0 Å². The van der Waals surface area contributed by atoms with Crippen molar-refractivity contribution < 1.29 is 14.3 Å². The topological polar surface area (TPSA) is 59.6 Å². The molecule has 0 saturated heterocycles. The van der Waals surface area contributed by atoms with Gasteiger partial charge in [-0.2, -0.15) is 0 Å². The van der Waals surface area contributed by atoms with E-state index in [4.69, 9.17) is 17.0 Å². The van der Waals surface area contributed by atoms with Crippen molar-refractivity contribution in [2.75, 3.05) is 26.9 Å². The number of carbonyl (C=O) groups excluding carboxylic acids is 1. The molecule has 0 radical (unpaired) electrons. The summed E-state index contributed by atoms with van der Waals surface area (Å²) in [4.78, 5) is 11.3. The van der Waals surface area contributed by atoms with Crippen LogP contribution in [0, 0.1) is 0 Å². The lowest BCUT2D eigenvalue weighted by Gasteiger charge is -2.17. The average molecular weight is 262 g/mol. The molecule has 100 valence electrons. The summed E-state index contributed by atoms with van der Waals surface area (Å²) in [6.07, 6.45) is 1.51. The van der Waals surface area contributed by atoms with E-state index in [-0.39, 0.29) is 12.0 Å². The van der Waals surface area contributed by atoms with Gasteiger partial charge >= 0.3 is 5.97 Å². The first-order valence-corrected chi connectivity index (χ1v) is 6.26. The molecule has 5 nitrogen and oxygen atoms in total. The van der Waals surface area contributed by atoms with Gasteiger partial charge in [-0.25, -0.2) is 4.79 Å². The Kier molecular flexibility index (Phi) is 9.75. The van der Waals surface area contributed by atoms with Gasteiger partial charge in [-0.3, -0.25) is 0 Å². The number of thiocarbonyl (C=S) groups is 1. The Morgan fingerprint density at radius 1 is 1.41 bits per heavy atom. The van der Waals surface area contributed by atoms with Gasteiger partial charge in [0.1, 0.15) is 6.04 Å². The summed E-state index contributed by atoms with van der Waals surface area (Å²) >= 11 is 5.07. The Morgan fingerprint density at radius 3 is 2.65 bits per heavy atom. The Balaban J connectivity index is 3.72. The normalized spacial score (nSPS) is 11.7. The molecule has 1 unspecified atom stereocenters. The number of ether oxygens (including phenoxy) is 2. The zero-order chi connectivity index (χ0) is 13.1. The highest BCUT2D eigenvalue weighted by Crippen LogP contribution is 1.93. The first-order valence-electron chi connectivity index (χ1n) is 5.85. The molecule has 0 bridgehead atoms. The molecule has 0 aliphatic rings. The number of carbonyl (C=O) groups is 1. The van der Waals surface area contributed by atoms with Crippen LogP contribution in [0.2, 0.25) is 0 Å². The Bertz CT molecular complexity index is 237. The van der Waals surface area contributed by atoms with E-state index in [1.807, 2.05) is 13.8 Å². The fourth-order valence-corrected chi connectivity index (χ4v) is 1.44. The number of methoxy groups -OCH3 is 1. The van der Waals surface area contributed by atoms with Crippen LogP contribution in [0.25, 0.3) is 0 Å². The van der Waals surface area contributed by atoms with Crippen molar-refractivity contribution in [3.8, 4) is 0 Å². The molecule has 0 amide bonds. The van der Waals surface area contributed by atoms with E-state index in [2.05, 4.69) is 15.4 Å². The van der Waals surface area contributed by atoms with Gasteiger partial charge in [0.15, 0.2) is 5.11 Å². The van der Waals surface area contributed by atoms with E-state index in [0.29, 0.717) is 18.1 Å². The Morgan fingerprint density at radius 2 is 2.12 bits per heavy atom. The van der Waals surface area contributed by atoms with Crippen molar-refractivity contribution in [3.63, 3.8) is 0 Å². The molecule has 0 aliphatic carbocycles. The van der Waals surface area contributed by atoms with Gasteiger partial charge in [0, 0.05) is 19.8 Å². The second kappa shape index (κ2) is 10.3. The molecule has 6 heteroatoms. The number of esters is 1. The van der Waals surface area contributed by atoms with Crippen molar-refractivity contribution in [2.24, 2.45) is 0 Å². The maximum atomic E-state index is 11.3. The molecule has 0 fully saturated rings. The molecule has 17 heavy (non-hydrogen) atoms. The summed E-state index contributed by atoms with van der Waals surface area (Å²) in [5.41, 5.74) is 0. The molecule has 0 saturated carbocycles. The predicted molar refractivity (Wildman–Crippen MR) is 70.9 cm³/mol. The third kappa shape index (κ3) is 7.93. The monoisotopic (exact) mass is 262 g/mol. The van der Waals surface area contributed by atoms with E-state index in [1.54, 1.807) is 0 Å². The SMILES string of the molecule is CCOCCCNC(=S)NC(CC)C(=O)OC. The van der Waals surface area contributed by atoms with Crippen LogP contribution in [-0.4, -0.2) is 44.0 Å². The minimum Gasteiger partial charge on any atom is -0.467 e. The van der Waals surface area contributed by atoms with Crippen molar-refractivity contribution in [3.05, 3.63) is 0 Å². The first kappa shape index (κ1) is 16.1. The fourth-order valence-electron chi connectivity index (χ4n) is 1.20. The van der Waals surface area contributed by atoms with E-state index in [1.165, 1.54) is 7.11 Å². The average Bonchev–Trinajstić information content (AvgIpc) is 2.34. The lowest BCUT2D eigenvalue weighted by molar-refractivity contribution is -0.142. The second-order valence-corrected chi connectivity index (χ2v) is 3.84.